The van der Waals surface area contributed by atoms with Crippen LogP contribution in [0.2, 0.25) is 10.0 Å². The van der Waals surface area contributed by atoms with Gasteiger partial charge < -0.3 is 10.4 Å². The van der Waals surface area contributed by atoms with E-state index in [-0.39, 0.29) is 26.9 Å². The van der Waals surface area contributed by atoms with Crippen molar-refractivity contribution in [1.82, 2.24) is 9.62 Å². The van der Waals surface area contributed by atoms with Crippen LogP contribution in [-0.2, 0) is 19.9 Å². The molecule has 1 aliphatic rings. The third-order valence-corrected chi connectivity index (χ3v) is 9.91. The minimum Gasteiger partial charge on any atom is -0.386 e. The van der Waals surface area contributed by atoms with E-state index in [0.29, 0.717) is 5.02 Å². The SMILES string of the molecule is CNC[C@]1(O)CN(S(=O)(=O)c2ccc(C#N)cc2Cl)C[C@@H]1S(=O)(=O)c1ccc(Cl)cc1. The van der Waals surface area contributed by atoms with Crippen molar-refractivity contribution in [2.45, 2.75) is 20.6 Å². The number of aliphatic hydroxyl groups is 1. The molecule has 12 heteroatoms. The lowest BCUT2D eigenvalue weighted by atomic mass is 10.0. The standard InChI is InChI=1S/C19H19Cl2N3O5S2/c1-23-11-19(25)12-24(31(28,29)17-7-2-13(9-22)8-16(17)21)10-18(19)30(26,27)15-5-3-14(20)4-6-15/h2-8,18,23,25H,10-12H2,1H3/t18-,19-/m0/s1. The summed E-state index contributed by atoms with van der Waals surface area (Å²) >= 11 is 11.9. The summed E-state index contributed by atoms with van der Waals surface area (Å²) in [5.74, 6) is 0. The molecule has 1 saturated heterocycles. The molecule has 3 rings (SSSR count). The number of hydrogen-bond acceptors (Lipinski definition) is 7. The number of sulfone groups is 1. The molecule has 1 aliphatic heterocycles. The second kappa shape index (κ2) is 8.67. The monoisotopic (exact) mass is 503 g/mol. The summed E-state index contributed by atoms with van der Waals surface area (Å²) in [7, 11) is -6.83. The molecular formula is C19H19Cl2N3O5S2. The topological polar surface area (TPSA) is 128 Å². The Hall–Kier alpha value is -1.71. The zero-order valence-corrected chi connectivity index (χ0v) is 19.4. The fourth-order valence-corrected chi connectivity index (χ4v) is 7.79. The summed E-state index contributed by atoms with van der Waals surface area (Å²) in [6.07, 6.45) is 0. The van der Waals surface area contributed by atoms with E-state index in [1.807, 2.05) is 6.07 Å². The number of sulfonamides is 1. The molecule has 2 atom stereocenters. The number of hydrogen-bond donors (Lipinski definition) is 2. The Kier molecular flexibility index (Phi) is 6.70. The first kappa shape index (κ1) is 23.9. The summed E-state index contributed by atoms with van der Waals surface area (Å²) in [6, 6.07) is 11.0. The molecule has 1 heterocycles. The smallest absolute Gasteiger partial charge is 0.244 e. The molecule has 8 nitrogen and oxygen atoms in total. The Morgan fingerprint density at radius 1 is 1.19 bits per heavy atom. The van der Waals surface area contributed by atoms with Gasteiger partial charge in [-0.25, -0.2) is 16.8 Å². The van der Waals surface area contributed by atoms with Crippen LogP contribution in [0.25, 0.3) is 0 Å². The predicted molar refractivity (Wildman–Crippen MR) is 116 cm³/mol. The molecule has 0 unspecified atom stereocenters. The second-order valence-electron chi connectivity index (χ2n) is 7.18. The van der Waals surface area contributed by atoms with E-state index < -0.39 is 43.8 Å². The van der Waals surface area contributed by atoms with Gasteiger partial charge >= 0.3 is 0 Å². The number of nitrogens with one attached hydrogen (secondary N) is 1. The maximum absolute atomic E-state index is 13.3. The third kappa shape index (κ3) is 4.45. The minimum absolute atomic E-state index is 0.0768. The Bertz CT molecular complexity index is 1240. The Morgan fingerprint density at radius 3 is 2.39 bits per heavy atom. The average Bonchev–Trinajstić information content (AvgIpc) is 3.07. The van der Waals surface area contributed by atoms with Crippen molar-refractivity contribution in [3.8, 4) is 6.07 Å². The van der Waals surface area contributed by atoms with Gasteiger partial charge in [0.2, 0.25) is 10.0 Å². The van der Waals surface area contributed by atoms with E-state index in [1.165, 1.54) is 49.5 Å². The van der Waals surface area contributed by atoms with Gasteiger partial charge in [0.25, 0.3) is 0 Å². The van der Waals surface area contributed by atoms with Crippen molar-refractivity contribution in [2.75, 3.05) is 26.7 Å². The van der Waals surface area contributed by atoms with Crippen molar-refractivity contribution in [2.24, 2.45) is 0 Å². The van der Waals surface area contributed by atoms with Gasteiger partial charge in [0, 0.05) is 24.7 Å². The average molecular weight is 504 g/mol. The van der Waals surface area contributed by atoms with Crippen LogP contribution in [-0.4, -0.2) is 63.8 Å². The molecule has 0 aromatic heterocycles. The summed E-state index contributed by atoms with van der Waals surface area (Å²) in [6.45, 7) is -1.08. The number of nitriles is 1. The molecule has 31 heavy (non-hydrogen) atoms. The molecule has 0 saturated carbocycles. The molecule has 2 N–H and O–H groups in total. The Balaban J connectivity index is 2.04. The number of β-amino-alcohol motifs (C(OH)–C–C–N with tert-alkyl or cyclic N) is 1. The summed E-state index contributed by atoms with van der Waals surface area (Å²) in [5.41, 5.74) is -1.71. The van der Waals surface area contributed by atoms with Gasteiger partial charge in [-0.15, -0.1) is 0 Å². The van der Waals surface area contributed by atoms with E-state index in [2.05, 4.69) is 5.32 Å². The van der Waals surface area contributed by atoms with Gasteiger partial charge in [-0.3, -0.25) is 0 Å². The number of halogens is 2. The molecule has 166 valence electrons. The minimum atomic E-state index is -4.25. The first-order valence-electron chi connectivity index (χ1n) is 9.02. The van der Waals surface area contributed by atoms with E-state index in [0.717, 1.165) is 4.31 Å². The number of nitrogens with zero attached hydrogens (tertiary/aromatic N) is 2. The largest absolute Gasteiger partial charge is 0.386 e. The van der Waals surface area contributed by atoms with E-state index in [4.69, 9.17) is 28.5 Å². The van der Waals surface area contributed by atoms with Gasteiger partial charge in [0.15, 0.2) is 9.84 Å². The van der Waals surface area contributed by atoms with Crippen molar-refractivity contribution >= 4 is 43.1 Å². The van der Waals surface area contributed by atoms with Crippen LogP contribution in [0.4, 0.5) is 0 Å². The fraction of sp³-hybridized carbons (Fsp3) is 0.316. The number of rotatable bonds is 6. The molecule has 0 spiro atoms. The van der Waals surface area contributed by atoms with E-state index >= 15 is 0 Å². The molecule has 0 bridgehead atoms. The Labute approximate surface area is 191 Å². The van der Waals surface area contributed by atoms with Crippen LogP contribution in [0.3, 0.4) is 0 Å². The van der Waals surface area contributed by atoms with Crippen LogP contribution in [0.5, 0.6) is 0 Å². The zero-order valence-electron chi connectivity index (χ0n) is 16.3. The van der Waals surface area contributed by atoms with Gasteiger partial charge in [0.05, 0.1) is 21.6 Å². The van der Waals surface area contributed by atoms with Gasteiger partial charge in [-0.1, -0.05) is 23.2 Å². The first-order valence-corrected chi connectivity index (χ1v) is 12.8. The summed E-state index contributed by atoms with van der Waals surface area (Å²) < 4.78 is 53.9. The van der Waals surface area contributed by atoms with Gasteiger partial charge in [-0.05, 0) is 49.5 Å². The maximum Gasteiger partial charge on any atom is 0.244 e. The van der Waals surface area contributed by atoms with Crippen molar-refractivity contribution in [1.29, 1.82) is 5.26 Å². The van der Waals surface area contributed by atoms with Crippen LogP contribution in [0.15, 0.2) is 52.3 Å². The van der Waals surface area contributed by atoms with Gasteiger partial charge in [0.1, 0.15) is 15.7 Å². The predicted octanol–water partition coefficient (Wildman–Crippen LogP) is 1.66. The molecule has 1 fully saturated rings. The molecule has 0 amide bonds. The van der Waals surface area contributed by atoms with E-state index in [9.17, 15) is 21.9 Å². The highest BCUT2D eigenvalue weighted by Crippen LogP contribution is 2.36. The molecular weight excluding hydrogens is 485 g/mol. The highest BCUT2D eigenvalue weighted by molar-refractivity contribution is 7.92. The van der Waals surface area contributed by atoms with Gasteiger partial charge in [-0.2, -0.15) is 9.57 Å². The van der Waals surface area contributed by atoms with Crippen LogP contribution < -0.4 is 5.32 Å². The molecule has 0 aliphatic carbocycles. The van der Waals surface area contributed by atoms with Crippen molar-refractivity contribution in [3.05, 3.63) is 58.1 Å². The lowest BCUT2D eigenvalue weighted by molar-refractivity contribution is 0.0604. The highest BCUT2D eigenvalue weighted by atomic mass is 35.5. The number of likely N-dealkylation sites (N-methyl/N-ethyl adjacent to an activating group) is 1. The highest BCUT2D eigenvalue weighted by Gasteiger charge is 2.55. The van der Waals surface area contributed by atoms with Crippen LogP contribution >= 0.6 is 23.2 Å². The second-order valence-corrected chi connectivity index (χ2v) is 12.1. The van der Waals surface area contributed by atoms with Crippen molar-refractivity contribution in [3.63, 3.8) is 0 Å². The van der Waals surface area contributed by atoms with Crippen molar-refractivity contribution < 1.29 is 21.9 Å². The lowest BCUT2D eigenvalue weighted by Gasteiger charge is -2.28. The normalized spacial score (nSPS) is 22.4. The third-order valence-electron chi connectivity index (χ3n) is 5.10. The Morgan fingerprint density at radius 2 is 1.84 bits per heavy atom. The molecule has 2 aromatic rings. The maximum atomic E-state index is 13.3. The quantitative estimate of drug-likeness (QED) is 0.613. The fourth-order valence-electron chi connectivity index (χ4n) is 3.58. The zero-order chi connectivity index (χ0) is 23.0. The van der Waals surface area contributed by atoms with Crippen LogP contribution in [0, 0.1) is 11.3 Å². The number of benzene rings is 2. The molecule has 0 radical (unpaired) electrons. The van der Waals surface area contributed by atoms with Crippen LogP contribution in [0.1, 0.15) is 5.56 Å². The summed E-state index contributed by atoms with van der Waals surface area (Å²) in [4.78, 5) is -0.350. The first-order chi connectivity index (χ1) is 14.5. The summed E-state index contributed by atoms with van der Waals surface area (Å²) in [5, 5.41) is 21.6. The van der Waals surface area contributed by atoms with E-state index in [1.54, 1.807) is 0 Å². The molecule has 2 aromatic carbocycles. The lowest BCUT2D eigenvalue weighted by Crippen LogP contribution is -2.52.